The van der Waals surface area contributed by atoms with Gasteiger partial charge in [0.25, 0.3) is 0 Å². The average Bonchev–Trinajstić information content (AvgIpc) is 2.55. The zero-order valence-corrected chi connectivity index (χ0v) is 7.09. The summed E-state index contributed by atoms with van der Waals surface area (Å²) in [6.07, 6.45) is 6.88. The quantitative estimate of drug-likeness (QED) is 0.634. The van der Waals surface area contributed by atoms with E-state index in [0.29, 0.717) is 6.04 Å². The maximum absolute atomic E-state index is 5.92. The predicted molar refractivity (Wildman–Crippen MR) is 44.7 cm³/mol. The largest absolute Gasteiger partial charge is 0.251 e. The Hall–Kier alpha value is -0.500. The van der Waals surface area contributed by atoms with Crippen LogP contribution in [0.15, 0.2) is 12.3 Å². The first-order chi connectivity index (χ1) is 5.38. The molecule has 1 aromatic heterocycles. The van der Waals surface area contributed by atoms with Crippen LogP contribution in [0.2, 0.25) is 5.15 Å². The normalized spacial score (nSPS) is 19.4. The second-order valence-electron chi connectivity index (χ2n) is 3.04. The van der Waals surface area contributed by atoms with Crippen LogP contribution in [0.5, 0.6) is 0 Å². The van der Waals surface area contributed by atoms with Crippen LogP contribution in [0, 0.1) is 0 Å². The average molecular weight is 171 g/mol. The minimum absolute atomic E-state index is 0.567. The van der Waals surface area contributed by atoms with Crippen molar-refractivity contribution in [3.05, 3.63) is 17.4 Å². The van der Waals surface area contributed by atoms with Gasteiger partial charge in [-0.3, -0.25) is 4.68 Å². The van der Waals surface area contributed by atoms with Crippen molar-refractivity contribution in [2.24, 2.45) is 0 Å². The Kier molecular flexibility index (Phi) is 1.86. The lowest BCUT2D eigenvalue weighted by Gasteiger charge is -2.09. The van der Waals surface area contributed by atoms with Crippen molar-refractivity contribution in [2.75, 3.05) is 0 Å². The lowest BCUT2D eigenvalue weighted by atomic mass is 10.3. The van der Waals surface area contributed by atoms with E-state index in [1.807, 2.05) is 10.7 Å². The summed E-state index contributed by atoms with van der Waals surface area (Å²) in [5.41, 5.74) is 0. The smallest absolute Gasteiger partial charge is 0.127 e. The summed E-state index contributed by atoms with van der Waals surface area (Å²) in [5.74, 6) is 0. The molecular weight excluding hydrogens is 160 g/mol. The van der Waals surface area contributed by atoms with Gasteiger partial charge < -0.3 is 0 Å². The van der Waals surface area contributed by atoms with E-state index in [-0.39, 0.29) is 0 Å². The van der Waals surface area contributed by atoms with Gasteiger partial charge in [-0.05, 0) is 18.9 Å². The maximum atomic E-state index is 5.92. The fourth-order valence-corrected chi connectivity index (χ4v) is 1.95. The van der Waals surface area contributed by atoms with Gasteiger partial charge in [-0.25, -0.2) is 0 Å². The first kappa shape index (κ1) is 7.17. The van der Waals surface area contributed by atoms with Crippen LogP contribution >= 0.6 is 11.6 Å². The van der Waals surface area contributed by atoms with Crippen LogP contribution in [0.1, 0.15) is 31.7 Å². The van der Waals surface area contributed by atoms with Crippen LogP contribution in [0.3, 0.4) is 0 Å². The summed E-state index contributed by atoms with van der Waals surface area (Å²) in [7, 11) is 0. The van der Waals surface area contributed by atoms with E-state index in [9.17, 15) is 0 Å². The number of halogens is 1. The third-order valence-corrected chi connectivity index (χ3v) is 2.59. The molecule has 0 radical (unpaired) electrons. The van der Waals surface area contributed by atoms with Gasteiger partial charge in [-0.2, -0.15) is 5.10 Å². The Balaban J connectivity index is 2.21. The zero-order valence-electron chi connectivity index (χ0n) is 6.33. The molecule has 60 valence electrons. The Morgan fingerprint density at radius 3 is 2.73 bits per heavy atom. The molecule has 1 aliphatic carbocycles. The third kappa shape index (κ3) is 1.27. The highest BCUT2D eigenvalue weighted by molar-refractivity contribution is 6.29. The molecule has 1 saturated carbocycles. The van der Waals surface area contributed by atoms with E-state index < -0.39 is 0 Å². The van der Waals surface area contributed by atoms with Gasteiger partial charge in [0.05, 0.1) is 12.2 Å². The topological polar surface area (TPSA) is 17.8 Å². The fraction of sp³-hybridized carbons (Fsp3) is 0.625. The summed E-state index contributed by atoms with van der Waals surface area (Å²) in [4.78, 5) is 0. The van der Waals surface area contributed by atoms with Crippen molar-refractivity contribution >= 4 is 11.6 Å². The van der Waals surface area contributed by atoms with Crippen LogP contribution < -0.4 is 0 Å². The third-order valence-electron chi connectivity index (χ3n) is 2.29. The standard InChI is InChI=1S/C8H11ClN2/c9-8-5-6-10-11(8)7-3-1-2-4-7/h5-7H,1-4H2. The van der Waals surface area contributed by atoms with Gasteiger partial charge in [-0.1, -0.05) is 24.4 Å². The zero-order chi connectivity index (χ0) is 7.68. The van der Waals surface area contributed by atoms with Crippen LogP contribution in [0.4, 0.5) is 0 Å². The first-order valence-corrected chi connectivity index (χ1v) is 4.45. The molecular formula is C8H11ClN2. The van der Waals surface area contributed by atoms with E-state index >= 15 is 0 Å². The molecule has 1 fully saturated rings. The van der Waals surface area contributed by atoms with E-state index in [1.165, 1.54) is 25.7 Å². The summed E-state index contributed by atoms with van der Waals surface area (Å²) < 4.78 is 1.94. The number of nitrogens with zero attached hydrogens (tertiary/aromatic N) is 2. The van der Waals surface area contributed by atoms with Crippen LogP contribution in [-0.4, -0.2) is 9.78 Å². The monoisotopic (exact) mass is 170 g/mol. The molecule has 2 nitrogen and oxygen atoms in total. The molecule has 1 heterocycles. The highest BCUT2D eigenvalue weighted by Crippen LogP contribution is 2.30. The van der Waals surface area contributed by atoms with Crippen molar-refractivity contribution < 1.29 is 0 Å². The molecule has 0 amide bonds. The van der Waals surface area contributed by atoms with Crippen molar-refractivity contribution in [3.63, 3.8) is 0 Å². The molecule has 0 aliphatic heterocycles. The number of aromatic nitrogens is 2. The highest BCUT2D eigenvalue weighted by Gasteiger charge is 2.18. The summed E-state index contributed by atoms with van der Waals surface area (Å²) in [6, 6.07) is 2.41. The molecule has 1 aromatic rings. The van der Waals surface area contributed by atoms with E-state index in [2.05, 4.69) is 5.10 Å². The van der Waals surface area contributed by atoms with E-state index in [0.717, 1.165) is 5.15 Å². The number of hydrogen-bond donors (Lipinski definition) is 0. The summed E-state index contributed by atoms with van der Waals surface area (Å²) in [5, 5.41) is 4.96. The van der Waals surface area contributed by atoms with E-state index in [4.69, 9.17) is 11.6 Å². The Bertz CT molecular complexity index is 238. The predicted octanol–water partition coefficient (Wildman–Crippen LogP) is 2.65. The molecule has 1 aliphatic rings. The lowest BCUT2D eigenvalue weighted by Crippen LogP contribution is -2.05. The van der Waals surface area contributed by atoms with Crippen LogP contribution in [0.25, 0.3) is 0 Å². The van der Waals surface area contributed by atoms with E-state index in [1.54, 1.807) is 6.20 Å². The minimum Gasteiger partial charge on any atom is -0.251 e. The van der Waals surface area contributed by atoms with Crippen LogP contribution in [-0.2, 0) is 0 Å². The molecule has 0 N–H and O–H groups in total. The van der Waals surface area contributed by atoms with Gasteiger partial charge in [0, 0.05) is 0 Å². The van der Waals surface area contributed by atoms with Gasteiger partial charge in [-0.15, -0.1) is 0 Å². The molecule has 0 bridgehead atoms. The molecule has 0 atom stereocenters. The lowest BCUT2D eigenvalue weighted by molar-refractivity contribution is 0.467. The molecule has 0 spiro atoms. The highest BCUT2D eigenvalue weighted by atomic mass is 35.5. The minimum atomic E-state index is 0.567. The molecule has 3 heteroatoms. The Morgan fingerprint density at radius 1 is 1.45 bits per heavy atom. The number of rotatable bonds is 1. The Morgan fingerprint density at radius 2 is 2.18 bits per heavy atom. The molecule has 11 heavy (non-hydrogen) atoms. The fourth-order valence-electron chi connectivity index (χ4n) is 1.72. The molecule has 0 saturated heterocycles. The van der Waals surface area contributed by atoms with Gasteiger partial charge in [0.1, 0.15) is 5.15 Å². The SMILES string of the molecule is Clc1ccnn1C1CCCC1. The maximum Gasteiger partial charge on any atom is 0.127 e. The molecule has 0 aromatic carbocycles. The van der Waals surface area contributed by atoms with Gasteiger partial charge >= 0.3 is 0 Å². The van der Waals surface area contributed by atoms with Crippen molar-refractivity contribution in [1.29, 1.82) is 0 Å². The second-order valence-corrected chi connectivity index (χ2v) is 3.42. The first-order valence-electron chi connectivity index (χ1n) is 4.07. The Labute approximate surface area is 71.2 Å². The molecule has 0 unspecified atom stereocenters. The van der Waals surface area contributed by atoms with Gasteiger partial charge in [0.2, 0.25) is 0 Å². The van der Waals surface area contributed by atoms with Crippen molar-refractivity contribution in [1.82, 2.24) is 9.78 Å². The number of hydrogen-bond acceptors (Lipinski definition) is 1. The summed E-state index contributed by atoms with van der Waals surface area (Å²) >= 11 is 5.92. The van der Waals surface area contributed by atoms with Crippen molar-refractivity contribution in [3.8, 4) is 0 Å². The second kappa shape index (κ2) is 2.86. The summed E-state index contributed by atoms with van der Waals surface area (Å²) in [6.45, 7) is 0. The molecule has 2 rings (SSSR count). The van der Waals surface area contributed by atoms with Gasteiger partial charge in [0.15, 0.2) is 0 Å². The van der Waals surface area contributed by atoms with Crippen molar-refractivity contribution in [2.45, 2.75) is 31.7 Å².